The Hall–Kier alpha value is -4.28. The molecule has 0 radical (unpaired) electrons. The lowest BCUT2D eigenvalue weighted by Gasteiger charge is -2.23. The highest BCUT2D eigenvalue weighted by molar-refractivity contribution is 5.97. The molecule has 5 rings (SSSR count). The number of nitrogens with one attached hydrogen (secondary N) is 2. The van der Waals surface area contributed by atoms with Crippen molar-refractivity contribution in [1.29, 1.82) is 0 Å². The van der Waals surface area contributed by atoms with Crippen molar-refractivity contribution >= 4 is 22.5 Å². The number of aryl methyl sites for hydroxylation is 1. The molecule has 7 heteroatoms. The van der Waals surface area contributed by atoms with Crippen LogP contribution in [0, 0.1) is 24.7 Å². The van der Waals surface area contributed by atoms with Gasteiger partial charge in [0.05, 0.1) is 16.7 Å². The Balaban J connectivity index is 1.48. The number of aromatic nitrogens is 3. The molecule has 0 bridgehead atoms. The summed E-state index contributed by atoms with van der Waals surface area (Å²) in [5, 5.41) is 8.71. The van der Waals surface area contributed by atoms with Gasteiger partial charge in [-0.15, -0.1) is 6.42 Å². The Morgan fingerprint density at radius 1 is 1.13 bits per heavy atom. The van der Waals surface area contributed by atoms with Crippen molar-refractivity contribution in [3.8, 4) is 35.2 Å². The number of ether oxygens (including phenoxy) is 1. The van der Waals surface area contributed by atoms with Gasteiger partial charge < -0.3 is 15.4 Å². The lowest BCUT2D eigenvalue weighted by Crippen LogP contribution is -2.38. The molecular formula is C32H33N5O2. The zero-order valence-corrected chi connectivity index (χ0v) is 22.6. The van der Waals surface area contributed by atoms with Gasteiger partial charge in [0, 0.05) is 36.8 Å². The number of nitrogens with zero attached hydrogens (tertiary/aromatic N) is 3. The van der Waals surface area contributed by atoms with E-state index in [1.165, 1.54) is 0 Å². The molecule has 2 aromatic carbocycles. The van der Waals surface area contributed by atoms with Crippen LogP contribution in [0.15, 0.2) is 60.9 Å². The van der Waals surface area contributed by atoms with E-state index in [0.29, 0.717) is 23.6 Å². The fourth-order valence-electron chi connectivity index (χ4n) is 4.77. The van der Waals surface area contributed by atoms with Crippen LogP contribution in [0.4, 0.5) is 5.95 Å². The topological polar surface area (TPSA) is 89.0 Å². The van der Waals surface area contributed by atoms with E-state index in [0.717, 1.165) is 59.1 Å². The number of fused-ring (bicyclic) bond motifs is 1. The molecule has 0 aliphatic carbocycles. The lowest BCUT2D eigenvalue weighted by molar-refractivity contribution is -0.123. The number of pyridine rings is 1. The largest absolute Gasteiger partial charge is 0.437 e. The number of anilines is 1. The summed E-state index contributed by atoms with van der Waals surface area (Å²) in [5.74, 6) is 4.34. The molecule has 4 aromatic rings. The van der Waals surface area contributed by atoms with E-state index >= 15 is 0 Å². The van der Waals surface area contributed by atoms with E-state index in [2.05, 4.69) is 26.5 Å². The first-order chi connectivity index (χ1) is 18.9. The van der Waals surface area contributed by atoms with Crippen LogP contribution in [-0.2, 0) is 11.2 Å². The van der Waals surface area contributed by atoms with Crippen molar-refractivity contribution in [2.75, 3.05) is 18.4 Å². The molecule has 2 aromatic heterocycles. The number of benzene rings is 2. The highest BCUT2D eigenvalue weighted by Crippen LogP contribution is 2.38. The van der Waals surface area contributed by atoms with Crippen LogP contribution in [-0.4, -0.2) is 39.9 Å². The molecule has 2 N–H and O–H groups in total. The highest BCUT2D eigenvalue weighted by atomic mass is 16.5. The minimum Gasteiger partial charge on any atom is -0.437 e. The third-order valence-corrected chi connectivity index (χ3v) is 7.24. The lowest BCUT2D eigenvalue weighted by atomic mass is 9.85. The van der Waals surface area contributed by atoms with Crippen LogP contribution in [0.25, 0.3) is 22.0 Å². The van der Waals surface area contributed by atoms with E-state index in [4.69, 9.17) is 16.1 Å². The molecule has 0 unspecified atom stereocenters. The molecule has 1 fully saturated rings. The smallest absolute Gasteiger partial charge is 0.228 e. The monoisotopic (exact) mass is 519 g/mol. The first-order valence-corrected chi connectivity index (χ1v) is 13.3. The van der Waals surface area contributed by atoms with Gasteiger partial charge >= 0.3 is 0 Å². The van der Waals surface area contributed by atoms with E-state index in [9.17, 15) is 4.79 Å². The summed E-state index contributed by atoms with van der Waals surface area (Å²) in [4.78, 5) is 26.7. The standard InChI is InChI=1S/C32H33N5O2/c1-5-32(3,4)28(38)19-22-9-6-11-25-24(22)14-13-21(2)29(25)39-30-26(12-8-17-34-30)27-15-18-35-31(37-27)36-23-10-7-16-33-20-23/h1,6,8-9,11-15,17-18,23,33H,7,10,16,19-20H2,2-4H3,(H,35,36,37)/t23-/m0/s1. The quantitative estimate of drug-likeness (QED) is 0.288. The SMILES string of the molecule is C#CC(C)(C)C(=O)Cc1cccc2c(Oc3ncccc3-c3ccnc(N[C@H]4CCCNC4)n3)c(C)ccc12. The molecule has 7 nitrogen and oxygen atoms in total. The van der Waals surface area contributed by atoms with Gasteiger partial charge in [-0.1, -0.05) is 36.3 Å². The molecule has 198 valence electrons. The minimum atomic E-state index is -0.826. The van der Waals surface area contributed by atoms with Crippen LogP contribution in [0.5, 0.6) is 11.6 Å². The molecule has 0 spiro atoms. The molecule has 1 aliphatic heterocycles. The molecular weight excluding hydrogens is 486 g/mol. The predicted molar refractivity (Wildman–Crippen MR) is 155 cm³/mol. The zero-order chi connectivity index (χ0) is 27.4. The van der Waals surface area contributed by atoms with Crippen molar-refractivity contribution in [2.45, 2.75) is 46.1 Å². The Bertz CT molecular complexity index is 1550. The van der Waals surface area contributed by atoms with Gasteiger partial charge in [0.15, 0.2) is 5.78 Å². The molecule has 1 atom stereocenters. The number of Topliss-reactive ketones (excluding diaryl/α,β-unsaturated/α-hetero) is 1. The Labute approximate surface area is 229 Å². The summed E-state index contributed by atoms with van der Waals surface area (Å²) < 4.78 is 6.53. The molecule has 1 aliphatic rings. The first-order valence-electron chi connectivity index (χ1n) is 13.3. The normalized spacial score (nSPS) is 15.5. The second-order valence-electron chi connectivity index (χ2n) is 10.5. The molecule has 0 amide bonds. The number of rotatable bonds is 8. The average Bonchev–Trinajstić information content (AvgIpc) is 2.95. The zero-order valence-electron chi connectivity index (χ0n) is 22.6. The first kappa shape index (κ1) is 26.3. The number of hydrogen-bond acceptors (Lipinski definition) is 7. The third-order valence-electron chi connectivity index (χ3n) is 7.24. The summed E-state index contributed by atoms with van der Waals surface area (Å²) in [7, 11) is 0. The Kier molecular flexibility index (Phi) is 7.58. The van der Waals surface area contributed by atoms with Gasteiger partial charge in [-0.3, -0.25) is 4.79 Å². The second-order valence-corrected chi connectivity index (χ2v) is 10.5. The number of hydrogen-bond donors (Lipinski definition) is 2. The summed E-state index contributed by atoms with van der Waals surface area (Å²) in [6.45, 7) is 7.50. The molecule has 0 saturated carbocycles. The number of piperidine rings is 1. The van der Waals surface area contributed by atoms with Crippen molar-refractivity contribution in [1.82, 2.24) is 20.3 Å². The van der Waals surface area contributed by atoms with Crippen molar-refractivity contribution in [3.63, 3.8) is 0 Å². The number of carbonyl (C=O) groups is 1. The maximum atomic E-state index is 12.9. The Morgan fingerprint density at radius 2 is 2.00 bits per heavy atom. The number of ketones is 1. The number of carbonyl (C=O) groups excluding carboxylic acids is 1. The Morgan fingerprint density at radius 3 is 2.79 bits per heavy atom. The van der Waals surface area contributed by atoms with Crippen LogP contribution in [0.3, 0.4) is 0 Å². The van der Waals surface area contributed by atoms with Gasteiger partial charge in [0.25, 0.3) is 0 Å². The van der Waals surface area contributed by atoms with Crippen molar-refractivity contribution in [2.24, 2.45) is 5.41 Å². The fraction of sp³-hybridized carbons (Fsp3) is 0.312. The maximum Gasteiger partial charge on any atom is 0.228 e. The van der Waals surface area contributed by atoms with Crippen molar-refractivity contribution in [3.05, 3.63) is 72.1 Å². The van der Waals surface area contributed by atoms with E-state index in [1.807, 2.05) is 55.5 Å². The second kappa shape index (κ2) is 11.2. The average molecular weight is 520 g/mol. The minimum absolute atomic E-state index is 0.00439. The summed E-state index contributed by atoms with van der Waals surface area (Å²) >= 11 is 0. The predicted octanol–water partition coefficient (Wildman–Crippen LogP) is 5.73. The van der Waals surface area contributed by atoms with Crippen LogP contribution in [0.2, 0.25) is 0 Å². The van der Waals surface area contributed by atoms with Gasteiger partial charge in [-0.2, -0.15) is 0 Å². The van der Waals surface area contributed by atoms with Gasteiger partial charge in [0.1, 0.15) is 5.75 Å². The van der Waals surface area contributed by atoms with Crippen LogP contribution in [0.1, 0.15) is 37.8 Å². The summed E-state index contributed by atoms with van der Waals surface area (Å²) in [6, 6.07) is 15.9. The number of terminal acetylenes is 1. The summed E-state index contributed by atoms with van der Waals surface area (Å²) in [5.41, 5.74) is 2.54. The third kappa shape index (κ3) is 5.76. The van der Waals surface area contributed by atoms with Crippen LogP contribution < -0.4 is 15.4 Å². The van der Waals surface area contributed by atoms with Crippen LogP contribution >= 0.6 is 0 Å². The van der Waals surface area contributed by atoms with Gasteiger partial charge in [-0.25, -0.2) is 15.0 Å². The molecule has 39 heavy (non-hydrogen) atoms. The van der Waals surface area contributed by atoms with Gasteiger partial charge in [-0.05, 0) is 74.9 Å². The van der Waals surface area contributed by atoms with E-state index in [-0.39, 0.29) is 12.2 Å². The fourth-order valence-corrected chi connectivity index (χ4v) is 4.77. The van der Waals surface area contributed by atoms with Crippen molar-refractivity contribution < 1.29 is 9.53 Å². The highest BCUT2D eigenvalue weighted by Gasteiger charge is 2.25. The molecule has 1 saturated heterocycles. The van der Waals surface area contributed by atoms with Gasteiger partial charge in [0.2, 0.25) is 11.8 Å². The molecule has 3 heterocycles. The summed E-state index contributed by atoms with van der Waals surface area (Å²) in [6.07, 6.45) is 11.5. The maximum absolute atomic E-state index is 12.9. The van der Waals surface area contributed by atoms with E-state index in [1.54, 1.807) is 26.2 Å². The van der Waals surface area contributed by atoms with E-state index < -0.39 is 5.41 Å².